The smallest absolute Gasteiger partial charge is 0.119 e. The molecule has 0 fully saturated rings. The molecular formula is C18H15Br2NO. The number of aromatic amines is 1. The van der Waals surface area contributed by atoms with Crippen molar-refractivity contribution in [3.63, 3.8) is 0 Å². The number of hydrogen-bond acceptors (Lipinski definition) is 1. The predicted octanol–water partition coefficient (Wildman–Crippen LogP) is 6.10. The zero-order valence-electron chi connectivity index (χ0n) is 12.1. The molecule has 112 valence electrons. The summed E-state index contributed by atoms with van der Waals surface area (Å²) < 4.78 is 7.43. The Labute approximate surface area is 146 Å². The highest BCUT2D eigenvalue weighted by Crippen LogP contribution is 2.35. The van der Waals surface area contributed by atoms with Crippen molar-refractivity contribution in [2.24, 2.45) is 0 Å². The van der Waals surface area contributed by atoms with Gasteiger partial charge in [-0.1, -0.05) is 37.9 Å². The summed E-state index contributed by atoms with van der Waals surface area (Å²) in [5.74, 6) is 0.860. The quantitative estimate of drug-likeness (QED) is 0.507. The van der Waals surface area contributed by atoms with E-state index in [1.54, 1.807) is 7.11 Å². The van der Waals surface area contributed by atoms with Crippen molar-refractivity contribution in [3.8, 4) is 17.0 Å². The molecule has 0 aliphatic carbocycles. The lowest BCUT2D eigenvalue weighted by Gasteiger charge is -2.05. The molecule has 2 aromatic carbocycles. The fourth-order valence-corrected chi connectivity index (χ4v) is 3.95. The first-order chi connectivity index (χ1) is 10.6. The average Bonchev–Trinajstić information content (AvgIpc) is 2.85. The Kier molecular flexibility index (Phi) is 4.41. The minimum Gasteiger partial charge on any atom is -0.497 e. The summed E-state index contributed by atoms with van der Waals surface area (Å²) >= 11 is 7.11. The number of H-pyrrole nitrogens is 1. The van der Waals surface area contributed by atoms with E-state index < -0.39 is 0 Å². The van der Waals surface area contributed by atoms with Gasteiger partial charge in [0, 0.05) is 25.4 Å². The molecule has 0 unspecified atom stereocenters. The third kappa shape index (κ3) is 2.85. The van der Waals surface area contributed by atoms with E-state index in [0.29, 0.717) is 0 Å². The van der Waals surface area contributed by atoms with Crippen LogP contribution in [0.5, 0.6) is 5.75 Å². The lowest BCUT2D eigenvalue weighted by atomic mass is 10.0. The van der Waals surface area contributed by atoms with Crippen LogP contribution in [0.15, 0.2) is 58.0 Å². The van der Waals surface area contributed by atoms with Crippen LogP contribution in [0.25, 0.3) is 22.2 Å². The van der Waals surface area contributed by atoms with Crippen molar-refractivity contribution in [2.75, 3.05) is 7.11 Å². The first kappa shape index (κ1) is 15.4. The van der Waals surface area contributed by atoms with Crippen LogP contribution in [-0.2, 0) is 6.42 Å². The number of hydrogen-bond donors (Lipinski definition) is 1. The number of ether oxygens (including phenoxy) is 1. The molecular weight excluding hydrogens is 406 g/mol. The molecule has 0 atom stereocenters. The van der Waals surface area contributed by atoms with Crippen LogP contribution in [0.3, 0.4) is 0 Å². The van der Waals surface area contributed by atoms with Gasteiger partial charge in [0.15, 0.2) is 0 Å². The molecule has 0 saturated heterocycles. The summed E-state index contributed by atoms with van der Waals surface area (Å²) in [7, 11) is 1.69. The molecule has 2 nitrogen and oxygen atoms in total. The molecule has 3 rings (SSSR count). The van der Waals surface area contributed by atoms with E-state index in [4.69, 9.17) is 4.74 Å². The minimum atomic E-state index is 0.798. The van der Waals surface area contributed by atoms with Crippen LogP contribution >= 0.6 is 31.9 Å². The van der Waals surface area contributed by atoms with Crippen LogP contribution in [0.2, 0.25) is 0 Å². The van der Waals surface area contributed by atoms with E-state index in [-0.39, 0.29) is 0 Å². The molecule has 1 N–H and O–H groups in total. The Balaban J connectivity index is 2.27. The largest absolute Gasteiger partial charge is 0.497 e. The van der Waals surface area contributed by atoms with Gasteiger partial charge in [-0.15, -0.1) is 6.58 Å². The van der Waals surface area contributed by atoms with Crippen molar-refractivity contribution in [1.82, 2.24) is 4.98 Å². The van der Waals surface area contributed by atoms with E-state index in [0.717, 1.165) is 37.9 Å². The average molecular weight is 421 g/mol. The van der Waals surface area contributed by atoms with Gasteiger partial charge in [0.2, 0.25) is 0 Å². The van der Waals surface area contributed by atoms with E-state index >= 15 is 0 Å². The maximum Gasteiger partial charge on any atom is 0.119 e. The summed E-state index contributed by atoms with van der Waals surface area (Å²) in [6.07, 6.45) is 2.73. The maximum absolute atomic E-state index is 5.35. The molecule has 0 aliphatic rings. The molecule has 0 amide bonds. The van der Waals surface area contributed by atoms with Crippen LogP contribution in [0.1, 0.15) is 5.56 Å². The highest BCUT2D eigenvalue weighted by Gasteiger charge is 2.14. The predicted molar refractivity (Wildman–Crippen MR) is 99.6 cm³/mol. The third-order valence-electron chi connectivity index (χ3n) is 3.61. The Hall–Kier alpha value is -1.52. The number of aromatic nitrogens is 1. The van der Waals surface area contributed by atoms with Crippen LogP contribution < -0.4 is 4.74 Å². The van der Waals surface area contributed by atoms with E-state index in [9.17, 15) is 0 Å². The van der Waals surface area contributed by atoms with Crippen molar-refractivity contribution in [2.45, 2.75) is 6.42 Å². The summed E-state index contributed by atoms with van der Waals surface area (Å²) in [5.41, 5.74) is 4.58. The highest BCUT2D eigenvalue weighted by molar-refractivity contribution is 9.11. The molecule has 1 aromatic heterocycles. The molecule has 0 aliphatic heterocycles. The second kappa shape index (κ2) is 6.31. The number of halogens is 2. The molecule has 0 bridgehead atoms. The van der Waals surface area contributed by atoms with Crippen molar-refractivity contribution < 1.29 is 4.74 Å². The van der Waals surface area contributed by atoms with Gasteiger partial charge in [0.05, 0.1) is 12.8 Å². The number of fused-ring (bicyclic) bond motifs is 1. The Morgan fingerprint density at radius 1 is 1.14 bits per heavy atom. The van der Waals surface area contributed by atoms with Gasteiger partial charge in [-0.2, -0.15) is 0 Å². The number of allylic oxidation sites excluding steroid dienone is 1. The lowest BCUT2D eigenvalue weighted by Crippen LogP contribution is -1.86. The Morgan fingerprint density at radius 2 is 1.86 bits per heavy atom. The number of methoxy groups -OCH3 is 1. The second-order valence-corrected chi connectivity index (χ2v) is 6.87. The normalized spacial score (nSPS) is 10.9. The fourth-order valence-electron chi connectivity index (χ4n) is 2.65. The standard InChI is InChI=1S/C18H15Br2NO/c1-3-4-15-16-10-14(22-2)5-6-17(16)21-18(15)11-7-12(19)9-13(20)8-11/h3,5-10,21H,1,4H2,2H3. The van der Waals surface area contributed by atoms with E-state index in [1.165, 1.54) is 10.9 Å². The van der Waals surface area contributed by atoms with Crippen LogP contribution in [-0.4, -0.2) is 12.1 Å². The fraction of sp³-hybridized carbons (Fsp3) is 0.111. The first-order valence-electron chi connectivity index (χ1n) is 6.88. The van der Waals surface area contributed by atoms with Gasteiger partial charge in [0.1, 0.15) is 5.75 Å². The number of nitrogens with one attached hydrogen (secondary N) is 1. The van der Waals surface area contributed by atoms with Crippen LogP contribution in [0.4, 0.5) is 0 Å². The SMILES string of the molecule is C=CCc1c(-c2cc(Br)cc(Br)c2)[nH]c2ccc(OC)cc12. The summed E-state index contributed by atoms with van der Waals surface area (Å²) in [6.45, 7) is 3.89. The molecule has 1 heterocycles. The zero-order chi connectivity index (χ0) is 15.7. The van der Waals surface area contributed by atoms with Gasteiger partial charge < -0.3 is 9.72 Å². The van der Waals surface area contributed by atoms with Gasteiger partial charge in [-0.3, -0.25) is 0 Å². The zero-order valence-corrected chi connectivity index (χ0v) is 15.3. The Bertz CT molecular complexity index is 831. The Morgan fingerprint density at radius 3 is 2.50 bits per heavy atom. The highest BCUT2D eigenvalue weighted by atomic mass is 79.9. The number of rotatable bonds is 4. The summed E-state index contributed by atoms with van der Waals surface area (Å²) in [5, 5.41) is 1.17. The molecule has 3 aromatic rings. The van der Waals surface area contributed by atoms with E-state index in [2.05, 4.69) is 67.7 Å². The van der Waals surface area contributed by atoms with E-state index in [1.807, 2.05) is 18.2 Å². The topological polar surface area (TPSA) is 25.0 Å². The number of benzene rings is 2. The van der Waals surface area contributed by atoms with Crippen molar-refractivity contribution in [1.29, 1.82) is 0 Å². The summed E-state index contributed by atoms with van der Waals surface area (Å²) in [6, 6.07) is 12.3. The van der Waals surface area contributed by atoms with Gasteiger partial charge >= 0.3 is 0 Å². The minimum absolute atomic E-state index is 0.798. The third-order valence-corrected chi connectivity index (χ3v) is 4.53. The molecule has 0 saturated carbocycles. The molecule has 0 spiro atoms. The van der Waals surface area contributed by atoms with Gasteiger partial charge in [-0.25, -0.2) is 0 Å². The second-order valence-electron chi connectivity index (χ2n) is 5.04. The van der Waals surface area contributed by atoms with Gasteiger partial charge in [0.25, 0.3) is 0 Å². The molecule has 22 heavy (non-hydrogen) atoms. The molecule has 0 radical (unpaired) electrons. The lowest BCUT2D eigenvalue weighted by molar-refractivity contribution is 0.415. The molecule has 4 heteroatoms. The summed E-state index contributed by atoms with van der Waals surface area (Å²) in [4.78, 5) is 3.53. The first-order valence-corrected chi connectivity index (χ1v) is 8.47. The maximum atomic E-state index is 5.35. The van der Waals surface area contributed by atoms with Crippen LogP contribution in [0, 0.1) is 0 Å². The van der Waals surface area contributed by atoms with Gasteiger partial charge in [-0.05, 0) is 48.4 Å². The monoisotopic (exact) mass is 419 g/mol. The van der Waals surface area contributed by atoms with Crippen molar-refractivity contribution in [3.05, 3.63) is 63.6 Å². The van der Waals surface area contributed by atoms with Crippen molar-refractivity contribution >= 4 is 42.8 Å².